The normalized spacial score (nSPS) is 21.3. The highest BCUT2D eigenvalue weighted by atomic mass is 28.3. The van der Waals surface area contributed by atoms with Crippen LogP contribution < -0.4 is 10.2 Å². The van der Waals surface area contributed by atoms with Crippen LogP contribution in [0.2, 0.25) is 25.7 Å². The molecule has 3 aliphatic heterocycles. The molecule has 5 heterocycles. The molecule has 2 aromatic heterocycles. The predicted molar refractivity (Wildman–Crippen MR) is 188 cm³/mol. The maximum Gasteiger partial charge on any atom is 0.410 e. The molecule has 2 atom stereocenters. The standard InChI is InChI=1S/C35H52N6O5Si/c1-34(2,3)46-33(42)39-15-13-35(43,14-16-39)22-36-26-9-7-25(8-10-26)30-19-29-31(40(30)24-44-17-18-47(4,5)6)37-23-38-32(29)41-27-11-12-28(41)21-45-20-27/h7-10,19,23,27-28,36,43H,11-18,20-22,24H2,1-6H3. The van der Waals surface area contributed by atoms with Crippen molar-refractivity contribution in [3.8, 4) is 11.3 Å². The minimum Gasteiger partial charge on any atom is -0.444 e. The molecule has 256 valence electrons. The van der Waals surface area contributed by atoms with Crippen LogP contribution in [0.3, 0.4) is 0 Å². The topological polar surface area (TPSA) is 114 Å². The number of ether oxygens (including phenoxy) is 3. The Kier molecular flexibility index (Phi) is 9.59. The SMILES string of the molecule is CC(C)(C)OC(=O)N1CCC(O)(CNc2ccc(-c3cc4c(N5C6CCC5COC6)ncnc4n3COCC[Si](C)(C)C)cc2)CC1. The van der Waals surface area contributed by atoms with E-state index in [0.29, 0.717) is 51.3 Å². The van der Waals surface area contributed by atoms with Gasteiger partial charge in [0.2, 0.25) is 0 Å². The molecule has 3 aliphatic rings. The minimum atomic E-state index is -1.23. The lowest BCUT2D eigenvalue weighted by Crippen LogP contribution is -2.50. The number of benzene rings is 1. The van der Waals surface area contributed by atoms with Gasteiger partial charge >= 0.3 is 6.09 Å². The Morgan fingerprint density at radius 3 is 2.40 bits per heavy atom. The number of hydrogen-bond acceptors (Lipinski definition) is 9. The molecule has 2 unspecified atom stereocenters. The van der Waals surface area contributed by atoms with Crippen molar-refractivity contribution in [3.05, 3.63) is 36.7 Å². The highest BCUT2D eigenvalue weighted by molar-refractivity contribution is 6.76. The number of morpholine rings is 1. The summed E-state index contributed by atoms with van der Waals surface area (Å²) in [4.78, 5) is 26.2. The lowest BCUT2D eigenvalue weighted by molar-refractivity contribution is -0.0244. The first-order valence-electron chi connectivity index (χ1n) is 17.1. The van der Waals surface area contributed by atoms with E-state index in [4.69, 9.17) is 24.2 Å². The summed E-state index contributed by atoms with van der Waals surface area (Å²) >= 11 is 0. The summed E-state index contributed by atoms with van der Waals surface area (Å²) in [6, 6.07) is 12.3. The Balaban J connectivity index is 1.18. The zero-order valence-electron chi connectivity index (χ0n) is 28.9. The van der Waals surface area contributed by atoms with Crippen LogP contribution in [0.15, 0.2) is 36.7 Å². The van der Waals surface area contributed by atoms with Gasteiger partial charge in [-0.3, -0.25) is 0 Å². The van der Waals surface area contributed by atoms with Crippen LogP contribution in [0.4, 0.5) is 16.3 Å². The molecule has 3 fully saturated rings. The number of anilines is 2. The van der Waals surface area contributed by atoms with Gasteiger partial charge in [0.05, 0.1) is 42.0 Å². The van der Waals surface area contributed by atoms with Crippen LogP contribution in [0.1, 0.15) is 46.5 Å². The van der Waals surface area contributed by atoms with Crippen molar-refractivity contribution < 1.29 is 24.1 Å². The number of aromatic nitrogens is 3. The fraction of sp³-hybridized carbons (Fsp3) is 0.629. The van der Waals surface area contributed by atoms with Crippen molar-refractivity contribution in [2.45, 2.75) is 102 Å². The summed E-state index contributed by atoms with van der Waals surface area (Å²) in [7, 11) is -1.23. The molecule has 0 saturated carbocycles. The Morgan fingerprint density at radius 1 is 1.09 bits per heavy atom. The molecule has 12 heteroatoms. The average Bonchev–Trinajstić information content (AvgIpc) is 3.50. The van der Waals surface area contributed by atoms with Crippen molar-refractivity contribution in [1.82, 2.24) is 19.4 Å². The molecule has 1 aromatic carbocycles. The molecule has 3 aromatic rings. The monoisotopic (exact) mass is 664 g/mol. The van der Waals surface area contributed by atoms with Gasteiger partial charge < -0.3 is 39.0 Å². The van der Waals surface area contributed by atoms with E-state index < -0.39 is 19.3 Å². The third-order valence-corrected chi connectivity index (χ3v) is 11.2. The van der Waals surface area contributed by atoms with Crippen molar-refractivity contribution in [3.63, 3.8) is 0 Å². The maximum atomic E-state index is 12.5. The molecule has 47 heavy (non-hydrogen) atoms. The van der Waals surface area contributed by atoms with Gasteiger partial charge in [0, 0.05) is 40.0 Å². The summed E-state index contributed by atoms with van der Waals surface area (Å²) in [6.07, 6.45) is 4.58. The van der Waals surface area contributed by atoms with Gasteiger partial charge in [-0.2, -0.15) is 0 Å². The molecule has 0 aliphatic carbocycles. The smallest absolute Gasteiger partial charge is 0.410 e. The van der Waals surface area contributed by atoms with E-state index >= 15 is 0 Å². The number of nitrogens with zero attached hydrogens (tertiary/aromatic N) is 5. The van der Waals surface area contributed by atoms with Gasteiger partial charge in [-0.1, -0.05) is 31.8 Å². The molecule has 1 amide bonds. The number of rotatable bonds is 10. The molecule has 2 N–H and O–H groups in total. The van der Waals surface area contributed by atoms with Gasteiger partial charge in [-0.05, 0) is 76.3 Å². The average molecular weight is 665 g/mol. The van der Waals surface area contributed by atoms with Crippen molar-refractivity contribution >= 4 is 36.7 Å². The van der Waals surface area contributed by atoms with Crippen molar-refractivity contribution in [1.29, 1.82) is 0 Å². The lowest BCUT2D eigenvalue weighted by Gasteiger charge is -2.38. The number of carbonyl (C=O) groups excluding carboxylic acids is 1. The second-order valence-corrected chi connectivity index (χ2v) is 21.3. The highest BCUT2D eigenvalue weighted by Gasteiger charge is 2.39. The van der Waals surface area contributed by atoms with Crippen LogP contribution in [0, 0.1) is 0 Å². The Labute approximate surface area is 279 Å². The molecule has 6 rings (SSSR count). The second kappa shape index (κ2) is 13.4. The molecule has 2 bridgehead atoms. The number of amides is 1. The third-order valence-electron chi connectivity index (χ3n) is 9.52. The van der Waals surface area contributed by atoms with E-state index in [-0.39, 0.29) is 6.09 Å². The van der Waals surface area contributed by atoms with E-state index in [1.54, 1.807) is 11.2 Å². The van der Waals surface area contributed by atoms with Gasteiger partial charge in [0.25, 0.3) is 0 Å². The summed E-state index contributed by atoms with van der Waals surface area (Å²) in [5.74, 6) is 0.983. The number of fused-ring (bicyclic) bond motifs is 3. The predicted octanol–water partition coefficient (Wildman–Crippen LogP) is 5.95. The molecular weight excluding hydrogens is 613 g/mol. The van der Waals surface area contributed by atoms with Gasteiger partial charge in [-0.15, -0.1) is 0 Å². The van der Waals surface area contributed by atoms with Crippen LogP contribution in [0.5, 0.6) is 0 Å². The Hall–Kier alpha value is -3.19. The summed E-state index contributed by atoms with van der Waals surface area (Å²) < 4.78 is 19.8. The number of likely N-dealkylation sites (tertiary alicyclic amines) is 1. The number of piperidine rings is 1. The van der Waals surface area contributed by atoms with Crippen LogP contribution in [0.25, 0.3) is 22.3 Å². The van der Waals surface area contributed by atoms with E-state index in [0.717, 1.165) is 72.5 Å². The van der Waals surface area contributed by atoms with Crippen LogP contribution in [-0.4, -0.2) is 101 Å². The zero-order valence-corrected chi connectivity index (χ0v) is 29.9. The number of hydrogen-bond donors (Lipinski definition) is 2. The van der Waals surface area contributed by atoms with Gasteiger partial charge in [-0.25, -0.2) is 14.8 Å². The Bertz CT molecular complexity index is 1520. The van der Waals surface area contributed by atoms with E-state index in [1.165, 1.54) is 0 Å². The molecule has 0 spiro atoms. The van der Waals surface area contributed by atoms with E-state index in [2.05, 4.69) is 64.8 Å². The lowest BCUT2D eigenvalue weighted by atomic mass is 9.91. The quantitative estimate of drug-likeness (QED) is 0.200. The molecule has 3 saturated heterocycles. The third kappa shape index (κ3) is 7.93. The molecule has 11 nitrogen and oxygen atoms in total. The van der Waals surface area contributed by atoms with E-state index in [1.807, 2.05) is 20.8 Å². The van der Waals surface area contributed by atoms with E-state index in [9.17, 15) is 9.90 Å². The summed E-state index contributed by atoms with van der Waals surface area (Å²) in [6.45, 7) is 16.6. The zero-order chi connectivity index (χ0) is 33.4. The van der Waals surface area contributed by atoms with Crippen LogP contribution in [-0.2, 0) is 20.9 Å². The molecule has 0 radical (unpaired) electrons. The van der Waals surface area contributed by atoms with Crippen molar-refractivity contribution in [2.75, 3.05) is 49.7 Å². The summed E-state index contributed by atoms with van der Waals surface area (Å²) in [5.41, 5.74) is 2.47. The minimum absolute atomic E-state index is 0.322. The molecular formula is C35H52N6O5Si. The first-order valence-corrected chi connectivity index (χ1v) is 20.8. The first kappa shape index (κ1) is 33.7. The van der Waals surface area contributed by atoms with Crippen LogP contribution >= 0.6 is 0 Å². The number of aliphatic hydroxyl groups is 1. The second-order valence-electron chi connectivity index (χ2n) is 15.7. The maximum absolute atomic E-state index is 12.5. The van der Waals surface area contributed by atoms with Gasteiger partial charge in [0.1, 0.15) is 30.1 Å². The number of nitrogens with one attached hydrogen (secondary N) is 1. The fourth-order valence-electron chi connectivity index (χ4n) is 6.77. The fourth-order valence-corrected chi connectivity index (χ4v) is 7.53. The first-order chi connectivity index (χ1) is 22.3. The highest BCUT2D eigenvalue weighted by Crippen LogP contribution is 2.39. The number of carbonyl (C=O) groups is 1. The Morgan fingerprint density at radius 2 is 1.77 bits per heavy atom. The summed E-state index contributed by atoms with van der Waals surface area (Å²) in [5, 5.41) is 15.7. The van der Waals surface area contributed by atoms with Crippen molar-refractivity contribution in [2.24, 2.45) is 0 Å². The largest absolute Gasteiger partial charge is 0.444 e. The van der Waals surface area contributed by atoms with Gasteiger partial charge in [0.15, 0.2) is 0 Å².